The van der Waals surface area contributed by atoms with Crippen molar-refractivity contribution in [2.45, 2.75) is 20.0 Å². The highest BCUT2D eigenvalue weighted by Gasteiger charge is 2.20. The molecule has 160 valence electrons. The van der Waals surface area contributed by atoms with E-state index in [1.165, 1.54) is 32.4 Å². The fourth-order valence-electron chi connectivity index (χ4n) is 2.33. The fraction of sp³-hybridized carbons (Fsp3) is 0.300. The molecule has 0 saturated heterocycles. The van der Waals surface area contributed by atoms with Crippen molar-refractivity contribution in [2.24, 2.45) is 0 Å². The summed E-state index contributed by atoms with van der Waals surface area (Å²) >= 11 is 0. The highest BCUT2D eigenvalue weighted by molar-refractivity contribution is 5.97. The smallest absolute Gasteiger partial charge is 0.326 e. The number of ether oxygens (including phenoxy) is 2. The van der Waals surface area contributed by atoms with E-state index in [-0.39, 0.29) is 12.3 Å². The summed E-state index contributed by atoms with van der Waals surface area (Å²) in [6.45, 7) is 2.45. The molecule has 0 aliphatic heterocycles. The number of benzene rings is 1. The molecular weight excluding hydrogens is 394 g/mol. The number of anilines is 1. The van der Waals surface area contributed by atoms with Crippen molar-refractivity contribution < 1.29 is 33.1 Å². The van der Waals surface area contributed by atoms with Crippen LogP contribution in [0.15, 0.2) is 41.0 Å². The zero-order valence-electron chi connectivity index (χ0n) is 16.8. The number of hydrogen-bond donors (Lipinski definition) is 3. The van der Waals surface area contributed by atoms with Crippen LogP contribution >= 0.6 is 0 Å². The van der Waals surface area contributed by atoms with E-state index in [4.69, 9.17) is 13.9 Å². The number of hydrogen-bond acceptors (Lipinski definition) is 7. The van der Waals surface area contributed by atoms with Crippen LogP contribution in [0.2, 0.25) is 0 Å². The second-order valence-corrected chi connectivity index (χ2v) is 6.26. The average molecular weight is 417 g/mol. The van der Waals surface area contributed by atoms with Gasteiger partial charge in [-0.25, -0.2) is 0 Å². The maximum absolute atomic E-state index is 12.3. The van der Waals surface area contributed by atoms with Gasteiger partial charge >= 0.3 is 5.97 Å². The van der Waals surface area contributed by atoms with Crippen LogP contribution in [-0.2, 0) is 19.1 Å². The number of carbonyl (C=O) groups is 4. The van der Waals surface area contributed by atoms with Crippen molar-refractivity contribution in [2.75, 3.05) is 25.5 Å². The Bertz CT molecular complexity index is 909. The monoisotopic (exact) mass is 417 g/mol. The van der Waals surface area contributed by atoms with Crippen LogP contribution < -0.4 is 20.7 Å². The lowest BCUT2D eigenvalue weighted by Gasteiger charge is -2.16. The van der Waals surface area contributed by atoms with Crippen molar-refractivity contribution >= 4 is 29.4 Å². The molecule has 10 heteroatoms. The maximum Gasteiger partial charge on any atom is 0.326 e. The van der Waals surface area contributed by atoms with Crippen LogP contribution in [-0.4, -0.2) is 50.0 Å². The summed E-state index contributed by atoms with van der Waals surface area (Å²) < 4.78 is 15.1. The Labute approximate surface area is 172 Å². The number of carbonyl (C=O) groups excluding carboxylic acids is 4. The first kappa shape index (κ1) is 22.5. The summed E-state index contributed by atoms with van der Waals surface area (Å²) in [5.41, 5.74) is 1.36. The number of aryl methyl sites for hydroxylation is 1. The summed E-state index contributed by atoms with van der Waals surface area (Å²) in [5.74, 6) is -1.99. The lowest BCUT2D eigenvalue weighted by molar-refractivity contribution is -0.152. The Hall–Kier alpha value is -3.82. The summed E-state index contributed by atoms with van der Waals surface area (Å²) in [7, 11) is 1.48. The number of amides is 3. The van der Waals surface area contributed by atoms with Gasteiger partial charge in [0.25, 0.3) is 11.8 Å². The molecule has 3 amide bonds. The molecule has 1 heterocycles. The van der Waals surface area contributed by atoms with Gasteiger partial charge in [0.2, 0.25) is 5.91 Å². The first-order valence-corrected chi connectivity index (χ1v) is 9.03. The normalized spacial score (nSPS) is 11.2. The third-order valence-electron chi connectivity index (χ3n) is 3.87. The van der Waals surface area contributed by atoms with Gasteiger partial charge < -0.3 is 29.8 Å². The highest BCUT2D eigenvalue weighted by Crippen LogP contribution is 2.25. The minimum Gasteiger partial charge on any atom is -0.495 e. The van der Waals surface area contributed by atoms with Gasteiger partial charge in [0.15, 0.2) is 11.9 Å². The highest BCUT2D eigenvalue weighted by atomic mass is 16.5. The van der Waals surface area contributed by atoms with Crippen LogP contribution in [0, 0.1) is 6.92 Å². The summed E-state index contributed by atoms with van der Waals surface area (Å²) in [6.07, 6.45) is 0.232. The van der Waals surface area contributed by atoms with Crippen LogP contribution in [0.25, 0.3) is 0 Å². The Balaban J connectivity index is 1.74. The average Bonchev–Trinajstić information content (AvgIpc) is 3.25. The molecule has 0 spiro atoms. The standard InChI is InChI=1S/C20H23N3O7/c1-12-6-7-15(28-3)14(9-12)23-19(26)13(2)30-18(25)11-21-17(24)10-22-20(27)16-5-4-8-29-16/h4-9,13H,10-11H2,1-3H3,(H,21,24)(H,22,27)(H,23,26)/t13-/m1/s1. The van der Waals surface area contributed by atoms with E-state index in [0.29, 0.717) is 11.4 Å². The molecule has 2 aromatic rings. The van der Waals surface area contributed by atoms with Crippen LogP contribution in [0.1, 0.15) is 23.0 Å². The Morgan fingerprint density at radius 1 is 1.10 bits per heavy atom. The molecule has 30 heavy (non-hydrogen) atoms. The minimum absolute atomic E-state index is 0.0623. The second kappa shape index (κ2) is 10.6. The van der Waals surface area contributed by atoms with Gasteiger partial charge in [-0.2, -0.15) is 0 Å². The molecule has 0 aliphatic carbocycles. The largest absolute Gasteiger partial charge is 0.495 e. The SMILES string of the molecule is COc1ccc(C)cc1NC(=O)[C@@H](C)OC(=O)CNC(=O)CNC(=O)c1ccco1. The number of methoxy groups -OCH3 is 1. The van der Waals surface area contributed by atoms with E-state index in [0.717, 1.165) is 5.56 Å². The first-order valence-electron chi connectivity index (χ1n) is 9.03. The number of furan rings is 1. The Morgan fingerprint density at radius 3 is 2.53 bits per heavy atom. The molecule has 3 N–H and O–H groups in total. The number of nitrogens with one attached hydrogen (secondary N) is 3. The molecule has 0 bridgehead atoms. The van der Waals surface area contributed by atoms with Crippen molar-refractivity contribution in [3.8, 4) is 5.75 Å². The summed E-state index contributed by atoms with van der Waals surface area (Å²) in [5, 5.41) is 7.26. The molecule has 0 saturated carbocycles. The van der Waals surface area contributed by atoms with Crippen LogP contribution in [0.5, 0.6) is 5.75 Å². The molecule has 1 atom stereocenters. The van der Waals surface area contributed by atoms with Gasteiger partial charge in [-0.15, -0.1) is 0 Å². The molecule has 0 unspecified atom stereocenters. The van der Waals surface area contributed by atoms with E-state index in [1.54, 1.807) is 12.1 Å². The third-order valence-corrected chi connectivity index (χ3v) is 3.87. The van der Waals surface area contributed by atoms with Crippen molar-refractivity contribution in [1.29, 1.82) is 0 Å². The van der Waals surface area contributed by atoms with Crippen molar-refractivity contribution in [3.63, 3.8) is 0 Å². The predicted molar refractivity (Wildman–Crippen MR) is 106 cm³/mol. The van der Waals surface area contributed by atoms with E-state index >= 15 is 0 Å². The number of esters is 1. The number of rotatable bonds is 9. The fourth-order valence-corrected chi connectivity index (χ4v) is 2.33. The third kappa shape index (κ3) is 6.66. The Kier molecular flexibility index (Phi) is 7.98. The Morgan fingerprint density at radius 2 is 1.87 bits per heavy atom. The molecule has 1 aromatic carbocycles. The maximum atomic E-state index is 12.3. The zero-order chi connectivity index (χ0) is 22.1. The lowest BCUT2D eigenvalue weighted by Crippen LogP contribution is -2.40. The predicted octanol–water partition coefficient (Wildman–Crippen LogP) is 1.01. The van der Waals surface area contributed by atoms with Gasteiger partial charge in [-0.05, 0) is 43.7 Å². The molecule has 2 rings (SSSR count). The second-order valence-electron chi connectivity index (χ2n) is 6.26. The van der Waals surface area contributed by atoms with Gasteiger partial charge in [-0.1, -0.05) is 6.07 Å². The van der Waals surface area contributed by atoms with E-state index in [2.05, 4.69) is 16.0 Å². The van der Waals surface area contributed by atoms with Gasteiger partial charge in [-0.3, -0.25) is 19.2 Å². The summed E-state index contributed by atoms with van der Waals surface area (Å²) in [6, 6.07) is 8.25. The molecular formula is C20H23N3O7. The van der Waals surface area contributed by atoms with Gasteiger partial charge in [0.1, 0.15) is 12.3 Å². The molecule has 0 aliphatic rings. The zero-order valence-corrected chi connectivity index (χ0v) is 16.8. The molecule has 0 radical (unpaired) electrons. The minimum atomic E-state index is -1.10. The van der Waals surface area contributed by atoms with Crippen LogP contribution in [0.4, 0.5) is 5.69 Å². The quantitative estimate of drug-likeness (QED) is 0.518. The van der Waals surface area contributed by atoms with E-state index in [1.807, 2.05) is 13.0 Å². The lowest BCUT2D eigenvalue weighted by atomic mass is 10.2. The van der Waals surface area contributed by atoms with Crippen molar-refractivity contribution in [1.82, 2.24) is 10.6 Å². The first-order chi connectivity index (χ1) is 14.3. The van der Waals surface area contributed by atoms with Gasteiger partial charge in [0.05, 0.1) is 25.6 Å². The molecule has 1 aromatic heterocycles. The van der Waals surface area contributed by atoms with Gasteiger partial charge in [0, 0.05) is 0 Å². The van der Waals surface area contributed by atoms with Crippen LogP contribution in [0.3, 0.4) is 0 Å². The topological polar surface area (TPSA) is 136 Å². The summed E-state index contributed by atoms with van der Waals surface area (Å²) in [4.78, 5) is 47.5. The molecule has 0 fully saturated rings. The van der Waals surface area contributed by atoms with E-state index in [9.17, 15) is 19.2 Å². The van der Waals surface area contributed by atoms with Crippen molar-refractivity contribution in [3.05, 3.63) is 47.9 Å². The van der Waals surface area contributed by atoms with E-state index < -0.39 is 36.3 Å². The molecule has 10 nitrogen and oxygen atoms in total.